The van der Waals surface area contributed by atoms with E-state index in [4.69, 9.17) is 23.2 Å². The number of fused-ring (bicyclic) bond motifs is 1. The molecule has 0 aromatic heterocycles. The Balaban J connectivity index is 1.42. The Hall–Kier alpha value is -3.09. The number of aliphatic hydroxyl groups excluding tert-OH is 1. The third-order valence-corrected chi connectivity index (χ3v) is 10.3. The number of β-lactam (4-membered cyclic amide) rings is 1. The fourth-order valence-corrected chi connectivity index (χ4v) is 8.17. The van der Waals surface area contributed by atoms with Crippen molar-refractivity contribution >= 4 is 64.4 Å². The third kappa shape index (κ3) is 5.51. The molecule has 6 atom stereocenters. The molecule has 0 unspecified atom stereocenters. The lowest BCUT2D eigenvalue weighted by atomic mass is 9.79. The Morgan fingerprint density at radius 3 is 2.38 bits per heavy atom. The lowest BCUT2D eigenvalue weighted by molar-refractivity contribution is -0.163. The lowest BCUT2D eigenvalue weighted by Gasteiger charge is -2.46. The highest BCUT2D eigenvalue weighted by Crippen LogP contribution is 2.52. The predicted molar refractivity (Wildman–Crippen MR) is 158 cm³/mol. The Labute approximate surface area is 256 Å². The number of benzene rings is 2. The highest BCUT2D eigenvalue weighted by Gasteiger charge is 2.60. The van der Waals surface area contributed by atoms with Crippen LogP contribution in [0.3, 0.4) is 0 Å². The largest absolute Gasteiger partial charge is 0.478 e. The first kappa shape index (κ1) is 30.4. The number of carboxylic acids is 2. The number of carboxylic acid groups (broad SMARTS) is 2. The predicted octanol–water partition coefficient (Wildman–Crippen LogP) is 4.16. The van der Waals surface area contributed by atoms with Gasteiger partial charge in [0.05, 0.1) is 29.7 Å². The topological polar surface area (TPSA) is 147 Å². The van der Waals surface area contributed by atoms with Crippen molar-refractivity contribution in [2.45, 2.75) is 50.3 Å². The van der Waals surface area contributed by atoms with Crippen LogP contribution in [0, 0.1) is 11.8 Å². The van der Waals surface area contributed by atoms with Crippen molar-refractivity contribution in [3.8, 4) is 0 Å². The molecule has 0 bridgehead atoms. The van der Waals surface area contributed by atoms with Gasteiger partial charge in [0.25, 0.3) is 0 Å². The van der Waals surface area contributed by atoms with Crippen LogP contribution in [0.15, 0.2) is 53.1 Å². The van der Waals surface area contributed by atoms with Gasteiger partial charge in [0.1, 0.15) is 5.70 Å². The minimum absolute atomic E-state index is 0.0328. The van der Waals surface area contributed by atoms with Crippen LogP contribution in [0.5, 0.6) is 0 Å². The van der Waals surface area contributed by atoms with Gasteiger partial charge in [-0.1, -0.05) is 42.3 Å². The molecule has 222 valence electrons. The zero-order chi connectivity index (χ0) is 30.5. The molecule has 2 aromatic carbocycles. The summed E-state index contributed by atoms with van der Waals surface area (Å²) in [5, 5.41) is 33.0. The highest BCUT2D eigenvalue weighted by molar-refractivity contribution is 8.03. The van der Waals surface area contributed by atoms with Crippen LogP contribution in [-0.2, 0) is 20.9 Å². The van der Waals surface area contributed by atoms with Crippen molar-refractivity contribution in [2.75, 3.05) is 11.9 Å². The van der Waals surface area contributed by atoms with Crippen LogP contribution >= 0.6 is 35.0 Å². The van der Waals surface area contributed by atoms with Crippen LogP contribution in [0.25, 0.3) is 0 Å². The number of hydrogen-bond acceptors (Lipinski definition) is 7. The van der Waals surface area contributed by atoms with E-state index in [2.05, 4.69) is 5.32 Å². The summed E-state index contributed by atoms with van der Waals surface area (Å²) in [6.07, 6.45) is -0.561. The number of anilines is 1. The number of nitrogens with one attached hydrogen (secondary N) is 1. The summed E-state index contributed by atoms with van der Waals surface area (Å²) in [5.74, 6) is -4.07. The summed E-state index contributed by atoms with van der Waals surface area (Å²) in [7, 11) is 0. The molecular formula is C29H29Cl2N3O7S. The number of aliphatic hydroxyl groups is 1. The first-order valence-corrected chi connectivity index (χ1v) is 15.0. The van der Waals surface area contributed by atoms with Gasteiger partial charge in [-0.3, -0.25) is 14.5 Å². The average molecular weight is 635 g/mol. The number of carbonyl (C=O) groups excluding carboxylic acids is 2. The van der Waals surface area contributed by atoms with Gasteiger partial charge in [-0.2, -0.15) is 0 Å². The van der Waals surface area contributed by atoms with Gasteiger partial charge in [0.15, 0.2) is 0 Å². The smallest absolute Gasteiger partial charge is 0.353 e. The fourth-order valence-electron chi connectivity index (χ4n) is 6.09. The van der Waals surface area contributed by atoms with E-state index < -0.39 is 42.0 Å². The molecule has 0 saturated carbocycles. The maximum Gasteiger partial charge on any atom is 0.353 e. The summed E-state index contributed by atoms with van der Waals surface area (Å²) in [4.78, 5) is 53.8. The van der Waals surface area contributed by atoms with Gasteiger partial charge in [0, 0.05) is 50.5 Å². The summed E-state index contributed by atoms with van der Waals surface area (Å²) in [6, 6.07) is 9.99. The van der Waals surface area contributed by atoms with E-state index in [9.17, 15) is 34.5 Å². The first-order valence-electron chi connectivity index (χ1n) is 13.4. The van der Waals surface area contributed by atoms with Crippen molar-refractivity contribution in [1.82, 2.24) is 9.80 Å². The molecule has 2 amide bonds. The van der Waals surface area contributed by atoms with Crippen molar-refractivity contribution < 1.29 is 34.5 Å². The van der Waals surface area contributed by atoms with E-state index in [0.29, 0.717) is 39.2 Å². The molecule has 2 fully saturated rings. The number of halogens is 2. The van der Waals surface area contributed by atoms with Crippen molar-refractivity contribution in [1.29, 1.82) is 0 Å². The van der Waals surface area contributed by atoms with E-state index in [1.54, 1.807) is 30.3 Å². The second-order valence-electron chi connectivity index (χ2n) is 10.8. The standard InChI is InChI=1S/C29H29Cl2N3O7S/c1-13-23-22(14(2)35)27(37)34(23)24(29(40)41)25(13)42-17-10-21(26(36)32-16-6-3-5-15(9-16)28(38)39)33(11-17)12-18-19(30)7-4-8-20(18)31/h3-9,13-14,17,21-23,35H,10-12H2,1-2H3,(H,32,36)(H,38,39)(H,40,41)/t13-,14-,17+,21+,22-,23-/m1/s1. The van der Waals surface area contributed by atoms with Crippen LogP contribution in [0.2, 0.25) is 10.0 Å². The quantitative estimate of drug-likeness (QED) is 0.299. The van der Waals surface area contributed by atoms with E-state index in [1.807, 2.05) is 11.8 Å². The molecule has 3 aliphatic rings. The molecule has 5 rings (SSSR count). The number of likely N-dealkylation sites (tertiary alicyclic amines) is 1. The number of hydrogen-bond donors (Lipinski definition) is 4. The summed E-state index contributed by atoms with van der Waals surface area (Å²) >= 11 is 14.2. The number of aliphatic carboxylic acids is 1. The van der Waals surface area contributed by atoms with E-state index in [-0.39, 0.29) is 34.9 Å². The zero-order valence-electron chi connectivity index (χ0n) is 22.7. The second-order valence-corrected chi connectivity index (χ2v) is 12.9. The van der Waals surface area contributed by atoms with Crippen LogP contribution in [0.4, 0.5) is 5.69 Å². The number of rotatable bonds is 9. The van der Waals surface area contributed by atoms with Gasteiger partial charge in [-0.15, -0.1) is 11.8 Å². The number of thioether (sulfide) groups is 1. The molecule has 0 spiro atoms. The maximum atomic E-state index is 13.6. The Morgan fingerprint density at radius 2 is 1.76 bits per heavy atom. The van der Waals surface area contributed by atoms with Gasteiger partial charge in [0.2, 0.25) is 11.8 Å². The molecule has 4 N–H and O–H groups in total. The van der Waals surface area contributed by atoms with Gasteiger partial charge in [-0.25, -0.2) is 9.59 Å². The number of nitrogens with zero attached hydrogens (tertiary/aromatic N) is 2. The molecule has 2 saturated heterocycles. The van der Waals surface area contributed by atoms with Crippen LogP contribution in [-0.4, -0.2) is 78.9 Å². The number of carbonyl (C=O) groups is 4. The van der Waals surface area contributed by atoms with E-state index in [0.717, 1.165) is 0 Å². The highest BCUT2D eigenvalue weighted by atomic mass is 35.5. The average Bonchev–Trinajstić information content (AvgIpc) is 3.43. The first-order chi connectivity index (χ1) is 19.9. The summed E-state index contributed by atoms with van der Waals surface area (Å²) < 4.78 is 0. The van der Waals surface area contributed by atoms with Gasteiger partial charge >= 0.3 is 11.9 Å². The van der Waals surface area contributed by atoms with E-state index >= 15 is 0 Å². The molecule has 42 heavy (non-hydrogen) atoms. The maximum absolute atomic E-state index is 13.6. The Bertz CT molecular complexity index is 1480. The SMILES string of the molecule is C[C@@H](O)[C@H]1C(=O)N2C(C(=O)O)=C(S[C@H]3C[C@@H](C(=O)Nc4cccc(C(=O)O)c4)N(Cc4c(Cl)cccc4Cl)C3)[C@H](C)[C@H]12. The van der Waals surface area contributed by atoms with Crippen molar-refractivity contribution in [3.63, 3.8) is 0 Å². The number of aromatic carboxylic acids is 1. The fraction of sp³-hybridized carbons (Fsp3) is 0.379. The lowest BCUT2D eigenvalue weighted by Crippen LogP contribution is -2.63. The molecule has 3 aliphatic heterocycles. The van der Waals surface area contributed by atoms with Crippen molar-refractivity contribution in [2.24, 2.45) is 11.8 Å². The van der Waals surface area contributed by atoms with Gasteiger partial charge in [-0.05, 0) is 43.7 Å². The van der Waals surface area contributed by atoms with Crippen LogP contribution < -0.4 is 5.32 Å². The Kier molecular flexibility index (Phi) is 8.60. The Morgan fingerprint density at radius 1 is 1.10 bits per heavy atom. The minimum Gasteiger partial charge on any atom is -0.478 e. The summed E-state index contributed by atoms with van der Waals surface area (Å²) in [5.41, 5.74) is 0.939. The molecule has 3 heterocycles. The van der Waals surface area contributed by atoms with Crippen LogP contribution in [0.1, 0.15) is 36.2 Å². The van der Waals surface area contributed by atoms with E-state index in [1.165, 1.54) is 35.7 Å². The number of amides is 2. The van der Waals surface area contributed by atoms with Gasteiger partial charge < -0.3 is 25.5 Å². The molecule has 0 aliphatic carbocycles. The zero-order valence-corrected chi connectivity index (χ0v) is 25.0. The molecular weight excluding hydrogens is 605 g/mol. The molecule has 2 aromatic rings. The minimum atomic E-state index is -1.21. The second kappa shape index (κ2) is 11.9. The molecule has 0 radical (unpaired) electrons. The monoisotopic (exact) mass is 633 g/mol. The normalized spacial score (nSPS) is 26.2. The molecule has 13 heteroatoms. The molecule has 10 nitrogen and oxygen atoms in total. The van der Waals surface area contributed by atoms with Crippen molar-refractivity contribution in [3.05, 3.63) is 74.2 Å². The third-order valence-electron chi connectivity index (χ3n) is 8.07. The summed E-state index contributed by atoms with van der Waals surface area (Å²) in [6.45, 7) is 4.03.